The maximum absolute atomic E-state index is 3.66. The number of piperidine rings is 1. The highest BCUT2D eigenvalue weighted by Crippen LogP contribution is 2.08. The summed E-state index contributed by atoms with van der Waals surface area (Å²) in [6.07, 6.45) is 4.00. The van der Waals surface area contributed by atoms with Gasteiger partial charge in [0.2, 0.25) is 0 Å². The molecule has 0 spiro atoms. The highest BCUT2D eigenvalue weighted by atomic mass is 15.1. The molecule has 0 aliphatic carbocycles. The lowest BCUT2D eigenvalue weighted by Gasteiger charge is -2.31. The van der Waals surface area contributed by atoms with E-state index in [4.69, 9.17) is 0 Å². The first-order chi connectivity index (χ1) is 6.22. The van der Waals surface area contributed by atoms with Crippen LogP contribution in [-0.4, -0.2) is 37.6 Å². The molecule has 78 valence electrons. The van der Waals surface area contributed by atoms with Gasteiger partial charge in [-0.15, -0.1) is 0 Å². The van der Waals surface area contributed by atoms with Crippen molar-refractivity contribution in [3.63, 3.8) is 0 Å². The largest absolute Gasteiger partial charge is 0.312 e. The van der Waals surface area contributed by atoms with Gasteiger partial charge < -0.3 is 10.2 Å². The van der Waals surface area contributed by atoms with Gasteiger partial charge in [0.05, 0.1) is 0 Å². The van der Waals surface area contributed by atoms with Gasteiger partial charge in [0.25, 0.3) is 0 Å². The van der Waals surface area contributed by atoms with Gasteiger partial charge in [-0.2, -0.15) is 0 Å². The van der Waals surface area contributed by atoms with Crippen molar-refractivity contribution >= 4 is 0 Å². The van der Waals surface area contributed by atoms with Crippen LogP contribution >= 0.6 is 0 Å². The molecule has 1 aliphatic rings. The van der Waals surface area contributed by atoms with E-state index in [1.54, 1.807) is 0 Å². The highest BCUT2D eigenvalue weighted by Gasteiger charge is 2.16. The first kappa shape index (κ1) is 11.0. The lowest BCUT2D eigenvalue weighted by molar-refractivity contribution is 0.222. The second-order valence-corrected chi connectivity index (χ2v) is 4.52. The Morgan fingerprint density at radius 2 is 2.31 bits per heavy atom. The molecule has 2 unspecified atom stereocenters. The molecule has 0 aromatic carbocycles. The Morgan fingerprint density at radius 1 is 1.54 bits per heavy atom. The first-order valence-corrected chi connectivity index (χ1v) is 5.64. The van der Waals surface area contributed by atoms with Crippen LogP contribution in [0, 0.1) is 5.92 Å². The number of nitrogens with one attached hydrogen (secondary N) is 1. The fourth-order valence-electron chi connectivity index (χ4n) is 1.85. The molecule has 1 fully saturated rings. The van der Waals surface area contributed by atoms with Crippen molar-refractivity contribution in [3.05, 3.63) is 0 Å². The van der Waals surface area contributed by atoms with Gasteiger partial charge in [-0.1, -0.05) is 20.3 Å². The van der Waals surface area contributed by atoms with Crippen LogP contribution in [0.4, 0.5) is 0 Å². The van der Waals surface area contributed by atoms with Gasteiger partial charge in [0.15, 0.2) is 0 Å². The molecule has 0 bridgehead atoms. The van der Waals surface area contributed by atoms with Crippen molar-refractivity contribution < 1.29 is 0 Å². The van der Waals surface area contributed by atoms with Gasteiger partial charge in [0, 0.05) is 12.6 Å². The van der Waals surface area contributed by atoms with Crippen molar-refractivity contribution in [2.75, 3.05) is 26.7 Å². The van der Waals surface area contributed by atoms with E-state index in [9.17, 15) is 0 Å². The molecular weight excluding hydrogens is 160 g/mol. The molecule has 1 saturated heterocycles. The fraction of sp³-hybridized carbons (Fsp3) is 1.00. The molecule has 0 saturated carbocycles. The summed E-state index contributed by atoms with van der Waals surface area (Å²) in [5.74, 6) is 0.826. The topological polar surface area (TPSA) is 15.3 Å². The summed E-state index contributed by atoms with van der Waals surface area (Å²) in [5, 5.41) is 3.66. The van der Waals surface area contributed by atoms with Gasteiger partial charge in [-0.25, -0.2) is 0 Å². The number of rotatable bonds is 4. The number of hydrogen-bond donors (Lipinski definition) is 1. The van der Waals surface area contributed by atoms with Crippen LogP contribution in [0.25, 0.3) is 0 Å². The quantitative estimate of drug-likeness (QED) is 0.715. The van der Waals surface area contributed by atoms with Crippen LogP contribution < -0.4 is 5.32 Å². The Hall–Kier alpha value is -0.0800. The summed E-state index contributed by atoms with van der Waals surface area (Å²) in [6.45, 7) is 8.28. The van der Waals surface area contributed by atoms with Crippen LogP contribution in [0.2, 0.25) is 0 Å². The van der Waals surface area contributed by atoms with Gasteiger partial charge in [-0.05, 0) is 38.9 Å². The normalized spacial score (nSPS) is 27.5. The molecule has 1 aliphatic heterocycles. The summed E-state index contributed by atoms with van der Waals surface area (Å²) < 4.78 is 0. The SMILES string of the molecule is CCC(C)CNC1CCCN(C)C1. The molecule has 1 N–H and O–H groups in total. The minimum absolute atomic E-state index is 0.743. The second kappa shape index (κ2) is 5.61. The van der Waals surface area contributed by atoms with E-state index in [-0.39, 0.29) is 0 Å². The summed E-state index contributed by atoms with van der Waals surface area (Å²) in [4.78, 5) is 2.43. The molecule has 0 radical (unpaired) electrons. The van der Waals surface area contributed by atoms with E-state index in [2.05, 4.69) is 31.1 Å². The van der Waals surface area contributed by atoms with Gasteiger partial charge >= 0.3 is 0 Å². The third-order valence-electron chi connectivity index (χ3n) is 3.08. The molecule has 2 nitrogen and oxygen atoms in total. The molecule has 2 heteroatoms. The first-order valence-electron chi connectivity index (χ1n) is 5.64. The lowest BCUT2D eigenvalue weighted by atomic mass is 10.0. The Bertz CT molecular complexity index is 136. The summed E-state index contributed by atoms with van der Waals surface area (Å²) in [6, 6.07) is 0.743. The van der Waals surface area contributed by atoms with E-state index >= 15 is 0 Å². The minimum Gasteiger partial charge on any atom is -0.312 e. The van der Waals surface area contributed by atoms with Crippen molar-refractivity contribution in [3.8, 4) is 0 Å². The minimum atomic E-state index is 0.743. The number of likely N-dealkylation sites (N-methyl/N-ethyl adjacent to an activating group) is 1. The molecule has 0 amide bonds. The second-order valence-electron chi connectivity index (χ2n) is 4.52. The van der Waals surface area contributed by atoms with Crippen LogP contribution in [0.3, 0.4) is 0 Å². The van der Waals surface area contributed by atoms with Crippen molar-refractivity contribution in [1.82, 2.24) is 10.2 Å². The van der Waals surface area contributed by atoms with Crippen molar-refractivity contribution in [2.45, 2.75) is 39.2 Å². The molecular formula is C11H24N2. The Morgan fingerprint density at radius 3 is 2.92 bits per heavy atom. The van der Waals surface area contributed by atoms with E-state index < -0.39 is 0 Å². The van der Waals surface area contributed by atoms with Crippen LogP contribution in [-0.2, 0) is 0 Å². The zero-order valence-electron chi connectivity index (χ0n) is 9.34. The third kappa shape index (κ3) is 4.10. The fourth-order valence-corrected chi connectivity index (χ4v) is 1.85. The van der Waals surface area contributed by atoms with E-state index in [0.717, 1.165) is 12.0 Å². The number of nitrogens with zero attached hydrogens (tertiary/aromatic N) is 1. The molecule has 1 rings (SSSR count). The van der Waals surface area contributed by atoms with Gasteiger partial charge in [-0.3, -0.25) is 0 Å². The Balaban J connectivity index is 2.13. The number of likely N-dealkylation sites (tertiary alicyclic amines) is 1. The molecule has 1 heterocycles. The predicted octanol–water partition coefficient (Wildman–Crippen LogP) is 1.72. The average molecular weight is 184 g/mol. The molecule has 13 heavy (non-hydrogen) atoms. The van der Waals surface area contributed by atoms with E-state index in [1.807, 2.05) is 0 Å². The maximum Gasteiger partial charge on any atom is 0.0195 e. The van der Waals surface area contributed by atoms with Crippen LogP contribution in [0.1, 0.15) is 33.1 Å². The maximum atomic E-state index is 3.66. The van der Waals surface area contributed by atoms with E-state index in [1.165, 1.54) is 38.9 Å². The Labute approximate surface area is 82.7 Å². The third-order valence-corrected chi connectivity index (χ3v) is 3.08. The Kier molecular flexibility index (Phi) is 4.74. The van der Waals surface area contributed by atoms with Crippen LogP contribution in [0.15, 0.2) is 0 Å². The monoisotopic (exact) mass is 184 g/mol. The van der Waals surface area contributed by atoms with E-state index in [0.29, 0.717) is 0 Å². The van der Waals surface area contributed by atoms with Crippen LogP contribution in [0.5, 0.6) is 0 Å². The summed E-state index contributed by atoms with van der Waals surface area (Å²) in [7, 11) is 2.22. The average Bonchev–Trinajstić information content (AvgIpc) is 2.14. The standard InChI is InChI=1S/C11H24N2/c1-4-10(2)8-12-11-6-5-7-13(3)9-11/h10-12H,4-9H2,1-3H3. The number of hydrogen-bond acceptors (Lipinski definition) is 2. The molecule has 2 atom stereocenters. The molecule has 0 aromatic rings. The summed E-state index contributed by atoms with van der Waals surface area (Å²) in [5.41, 5.74) is 0. The predicted molar refractivity (Wildman–Crippen MR) is 58.0 cm³/mol. The smallest absolute Gasteiger partial charge is 0.0195 e. The van der Waals surface area contributed by atoms with Crippen molar-refractivity contribution in [2.24, 2.45) is 5.92 Å². The van der Waals surface area contributed by atoms with Gasteiger partial charge in [0.1, 0.15) is 0 Å². The highest BCUT2D eigenvalue weighted by molar-refractivity contribution is 4.76. The molecule has 0 aromatic heterocycles. The lowest BCUT2D eigenvalue weighted by Crippen LogP contribution is -2.45. The zero-order valence-corrected chi connectivity index (χ0v) is 9.34. The zero-order chi connectivity index (χ0) is 9.68. The summed E-state index contributed by atoms with van der Waals surface area (Å²) >= 11 is 0. The van der Waals surface area contributed by atoms with Crippen molar-refractivity contribution in [1.29, 1.82) is 0 Å².